The van der Waals surface area contributed by atoms with Crippen molar-refractivity contribution < 1.29 is 10.2 Å². The molecule has 0 rings (SSSR count). The van der Waals surface area contributed by atoms with Crippen LogP contribution < -0.4 is 0 Å². The van der Waals surface area contributed by atoms with Crippen LogP contribution in [0.3, 0.4) is 0 Å². The van der Waals surface area contributed by atoms with Gasteiger partial charge in [0, 0.05) is 0 Å². The van der Waals surface area contributed by atoms with Crippen LogP contribution in [0.15, 0.2) is 24.8 Å². The van der Waals surface area contributed by atoms with Crippen LogP contribution in [0, 0.1) is 0 Å². The molecule has 0 bridgehead atoms. The number of hydrogen-bond acceptors (Lipinski definition) is 2. The Morgan fingerprint density at radius 2 is 2.10 bits per heavy atom. The Morgan fingerprint density at radius 3 is 2.50 bits per heavy atom. The molecule has 0 aromatic rings. The maximum absolute atomic E-state index is 8.92. The van der Waals surface area contributed by atoms with E-state index in [-0.39, 0.29) is 0 Å². The minimum Gasteiger partial charge on any atom is -0.389 e. The van der Waals surface area contributed by atoms with Crippen molar-refractivity contribution in [3.05, 3.63) is 24.8 Å². The van der Waals surface area contributed by atoms with Gasteiger partial charge in [-0.15, -0.1) is 6.58 Å². The van der Waals surface area contributed by atoms with Crippen LogP contribution in [0.5, 0.6) is 0 Å². The lowest BCUT2D eigenvalue weighted by molar-refractivity contribution is 0.224. The highest BCUT2D eigenvalue weighted by Crippen LogP contribution is 1.94. The molecule has 0 amide bonds. The van der Waals surface area contributed by atoms with Crippen molar-refractivity contribution in [3.63, 3.8) is 0 Å². The van der Waals surface area contributed by atoms with E-state index in [9.17, 15) is 0 Å². The summed E-state index contributed by atoms with van der Waals surface area (Å²) in [6, 6.07) is 0. The molecule has 0 aromatic carbocycles. The van der Waals surface area contributed by atoms with E-state index in [0.29, 0.717) is 6.42 Å². The van der Waals surface area contributed by atoms with Gasteiger partial charge in [-0.25, -0.2) is 0 Å². The van der Waals surface area contributed by atoms with E-state index >= 15 is 0 Å². The highest BCUT2D eigenvalue weighted by atomic mass is 16.3. The van der Waals surface area contributed by atoms with Crippen LogP contribution in [-0.2, 0) is 0 Å². The second kappa shape index (κ2) is 5.21. The highest BCUT2D eigenvalue weighted by Gasteiger charge is 1.92. The summed E-state index contributed by atoms with van der Waals surface area (Å²) in [6.45, 7) is 5.08. The Morgan fingerprint density at radius 1 is 1.50 bits per heavy atom. The van der Waals surface area contributed by atoms with Gasteiger partial charge in [-0.2, -0.15) is 0 Å². The van der Waals surface area contributed by atoms with Gasteiger partial charge in [0.25, 0.3) is 0 Å². The van der Waals surface area contributed by atoms with E-state index in [1.807, 2.05) is 0 Å². The zero-order chi connectivity index (χ0) is 7.98. The fourth-order valence-electron chi connectivity index (χ4n) is 0.511. The maximum Gasteiger partial charge on any atom is 0.0752 e. The summed E-state index contributed by atoms with van der Waals surface area (Å²) in [6.07, 6.45) is 4.43. The molecule has 58 valence electrons. The quantitative estimate of drug-likeness (QED) is 0.571. The summed E-state index contributed by atoms with van der Waals surface area (Å²) < 4.78 is 0. The molecule has 0 aliphatic heterocycles. The van der Waals surface area contributed by atoms with Crippen LogP contribution in [-0.4, -0.2) is 22.4 Å². The number of rotatable bonds is 4. The van der Waals surface area contributed by atoms with Crippen molar-refractivity contribution in [2.24, 2.45) is 0 Å². The monoisotopic (exact) mass is 142 g/mol. The highest BCUT2D eigenvalue weighted by molar-refractivity contribution is 4.92. The second-order valence-corrected chi connectivity index (χ2v) is 2.21. The number of aliphatic hydroxyl groups excluding tert-OH is 2. The van der Waals surface area contributed by atoms with Gasteiger partial charge < -0.3 is 10.2 Å². The van der Waals surface area contributed by atoms with Crippen LogP contribution >= 0.6 is 0 Å². The van der Waals surface area contributed by atoms with Crippen molar-refractivity contribution in [3.8, 4) is 0 Å². The molecule has 10 heavy (non-hydrogen) atoms. The molecule has 0 aliphatic carbocycles. The van der Waals surface area contributed by atoms with E-state index < -0.39 is 12.2 Å². The van der Waals surface area contributed by atoms with E-state index in [1.165, 1.54) is 6.08 Å². The van der Waals surface area contributed by atoms with Gasteiger partial charge in [-0.1, -0.05) is 18.2 Å². The summed E-state index contributed by atoms with van der Waals surface area (Å²) >= 11 is 0. The third-order valence-electron chi connectivity index (χ3n) is 1.06. The zero-order valence-corrected chi connectivity index (χ0v) is 6.20. The molecular weight excluding hydrogens is 128 g/mol. The SMILES string of the molecule is C=CC(O)CC=CC(C)O. The van der Waals surface area contributed by atoms with Crippen LogP contribution in [0.1, 0.15) is 13.3 Å². The molecular formula is C8H14O2. The summed E-state index contributed by atoms with van der Waals surface area (Å²) in [4.78, 5) is 0. The van der Waals surface area contributed by atoms with E-state index in [4.69, 9.17) is 10.2 Å². The predicted molar refractivity (Wildman–Crippen MR) is 41.6 cm³/mol. The van der Waals surface area contributed by atoms with E-state index in [0.717, 1.165) is 0 Å². The first-order chi connectivity index (χ1) is 4.66. The lowest BCUT2D eigenvalue weighted by atomic mass is 10.2. The third-order valence-corrected chi connectivity index (χ3v) is 1.06. The Labute approximate surface area is 61.5 Å². The summed E-state index contributed by atoms with van der Waals surface area (Å²) in [5.41, 5.74) is 0. The Hall–Kier alpha value is -0.600. The van der Waals surface area contributed by atoms with Gasteiger partial charge in [0.15, 0.2) is 0 Å². The molecule has 0 aliphatic rings. The fourth-order valence-corrected chi connectivity index (χ4v) is 0.511. The van der Waals surface area contributed by atoms with E-state index in [1.54, 1.807) is 19.1 Å². The van der Waals surface area contributed by atoms with Gasteiger partial charge in [-0.3, -0.25) is 0 Å². The molecule has 2 N–H and O–H groups in total. The average Bonchev–Trinajstić information content (AvgIpc) is 1.87. The fraction of sp³-hybridized carbons (Fsp3) is 0.500. The minimum absolute atomic E-state index is 0.433. The number of hydrogen-bond donors (Lipinski definition) is 2. The van der Waals surface area contributed by atoms with Crippen LogP contribution in [0.4, 0.5) is 0 Å². The van der Waals surface area contributed by atoms with Gasteiger partial charge in [0.2, 0.25) is 0 Å². The predicted octanol–water partition coefficient (Wildman–Crippen LogP) is 0.860. The normalized spacial score (nSPS) is 17.1. The molecule has 0 radical (unpaired) electrons. The molecule has 0 spiro atoms. The second-order valence-electron chi connectivity index (χ2n) is 2.21. The van der Waals surface area contributed by atoms with Crippen molar-refractivity contribution in [1.82, 2.24) is 0 Å². The number of aliphatic hydroxyl groups is 2. The lowest BCUT2D eigenvalue weighted by Crippen LogP contribution is -1.99. The molecule has 0 saturated heterocycles. The van der Waals surface area contributed by atoms with Crippen LogP contribution in [0.25, 0.3) is 0 Å². The van der Waals surface area contributed by atoms with Crippen molar-refractivity contribution in [2.75, 3.05) is 0 Å². The lowest BCUT2D eigenvalue weighted by Gasteiger charge is -1.98. The molecule has 0 heterocycles. The summed E-state index contributed by atoms with van der Waals surface area (Å²) in [7, 11) is 0. The zero-order valence-electron chi connectivity index (χ0n) is 6.20. The van der Waals surface area contributed by atoms with Crippen molar-refractivity contribution >= 4 is 0 Å². The first kappa shape index (κ1) is 9.40. The van der Waals surface area contributed by atoms with Crippen molar-refractivity contribution in [2.45, 2.75) is 25.6 Å². The molecule has 2 heteroatoms. The molecule has 0 aromatic heterocycles. The Balaban J connectivity index is 3.42. The Kier molecular flexibility index (Phi) is 4.89. The first-order valence-electron chi connectivity index (χ1n) is 3.32. The largest absolute Gasteiger partial charge is 0.389 e. The maximum atomic E-state index is 8.92. The average molecular weight is 142 g/mol. The smallest absolute Gasteiger partial charge is 0.0752 e. The molecule has 0 fully saturated rings. The third kappa shape index (κ3) is 5.54. The molecule has 0 saturated carbocycles. The van der Waals surface area contributed by atoms with Crippen LogP contribution in [0.2, 0.25) is 0 Å². The first-order valence-corrected chi connectivity index (χ1v) is 3.32. The van der Waals surface area contributed by atoms with E-state index in [2.05, 4.69) is 6.58 Å². The summed E-state index contributed by atoms with van der Waals surface area (Å²) in [5, 5.41) is 17.7. The standard InChI is InChI=1S/C8H14O2/c1-3-8(10)6-4-5-7(2)9/h3-5,7-10H,1,6H2,2H3. The van der Waals surface area contributed by atoms with Gasteiger partial charge in [0.05, 0.1) is 12.2 Å². The molecule has 2 nitrogen and oxygen atoms in total. The van der Waals surface area contributed by atoms with Crippen molar-refractivity contribution in [1.29, 1.82) is 0 Å². The Bertz CT molecular complexity index is 116. The summed E-state index contributed by atoms with van der Waals surface area (Å²) in [5.74, 6) is 0. The van der Waals surface area contributed by atoms with Gasteiger partial charge in [-0.05, 0) is 13.3 Å². The molecule has 2 unspecified atom stereocenters. The van der Waals surface area contributed by atoms with Gasteiger partial charge >= 0.3 is 0 Å². The minimum atomic E-state index is -0.491. The molecule has 2 atom stereocenters. The topological polar surface area (TPSA) is 40.5 Å². The van der Waals surface area contributed by atoms with Gasteiger partial charge in [0.1, 0.15) is 0 Å².